The highest BCUT2D eigenvalue weighted by Gasteiger charge is 2.14. The van der Waals surface area contributed by atoms with Gasteiger partial charge in [-0.15, -0.1) is 0 Å². The van der Waals surface area contributed by atoms with Gasteiger partial charge in [0.05, 0.1) is 12.7 Å². The molecule has 0 fully saturated rings. The Labute approximate surface area is 128 Å². The summed E-state index contributed by atoms with van der Waals surface area (Å²) in [6.45, 7) is 1.53. The highest BCUT2D eigenvalue weighted by atomic mass is 16.5. The predicted molar refractivity (Wildman–Crippen MR) is 84.5 cm³/mol. The van der Waals surface area contributed by atoms with Crippen molar-refractivity contribution in [3.63, 3.8) is 0 Å². The van der Waals surface area contributed by atoms with Crippen molar-refractivity contribution in [2.45, 2.75) is 6.92 Å². The van der Waals surface area contributed by atoms with Crippen LogP contribution in [0.5, 0.6) is 0 Å². The zero-order valence-corrected chi connectivity index (χ0v) is 12.4. The molecule has 4 nitrogen and oxygen atoms in total. The molecule has 0 spiro atoms. The standard InChI is InChI=1S/C18H16O4/c1-12(17(19)20)11-13-7-3-4-8-14(13)15-9-5-6-10-16(15)18(21)22-2/h3-11H,1-2H3,(H,19,20)/b12-11+. The van der Waals surface area contributed by atoms with Gasteiger partial charge in [0, 0.05) is 5.57 Å². The lowest BCUT2D eigenvalue weighted by Crippen LogP contribution is -2.04. The number of hydrogen-bond acceptors (Lipinski definition) is 3. The normalized spacial score (nSPS) is 11.1. The molecule has 112 valence electrons. The van der Waals surface area contributed by atoms with E-state index in [4.69, 9.17) is 9.84 Å². The van der Waals surface area contributed by atoms with Gasteiger partial charge in [-0.05, 0) is 35.8 Å². The van der Waals surface area contributed by atoms with Crippen LogP contribution in [0.2, 0.25) is 0 Å². The summed E-state index contributed by atoms with van der Waals surface area (Å²) in [5.74, 6) is -1.40. The molecule has 1 N–H and O–H groups in total. The van der Waals surface area contributed by atoms with Gasteiger partial charge in [0.1, 0.15) is 0 Å². The van der Waals surface area contributed by atoms with Gasteiger partial charge in [-0.1, -0.05) is 42.5 Å². The number of rotatable bonds is 4. The molecule has 0 unspecified atom stereocenters. The summed E-state index contributed by atoms with van der Waals surface area (Å²) in [6.07, 6.45) is 1.59. The van der Waals surface area contributed by atoms with Crippen LogP contribution in [0.15, 0.2) is 54.1 Å². The third kappa shape index (κ3) is 3.23. The first-order chi connectivity index (χ1) is 10.5. The van der Waals surface area contributed by atoms with Gasteiger partial charge in [0.25, 0.3) is 0 Å². The number of ether oxygens (including phenoxy) is 1. The second-order valence-electron chi connectivity index (χ2n) is 4.76. The SMILES string of the molecule is COC(=O)c1ccccc1-c1ccccc1/C=C(\C)C(=O)O. The van der Waals surface area contributed by atoms with Crippen molar-refractivity contribution in [2.24, 2.45) is 0 Å². The van der Waals surface area contributed by atoms with Crippen molar-refractivity contribution in [3.05, 3.63) is 65.2 Å². The van der Waals surface area contributed by atoms with Gasteiger partial charge in [0.15, 0.2) is 0 Å². The monoisotopic (exact) mass is 296 g/mol. The molecule has 2 rings (SSSR count). The Hall–Kier alpha value is -2.88. The number of carbonyl (C=O) groups excluding carboxylic acids is 1. The maximum absolute atomic E-state index is 11.9. The van der Waals surface area contributed by atoms with Crippen LogP contribution in [0.3, 0.4) is 0 Å². The summed E-state index contributed by atoms with van der Waals surface area (Å²) in [4.78, 5) is 22.9. The minimum Gasteiger partial charge on any atom is -0.478 e. The van der Waals surface area contributed by atoms with Gasteiger partial charge in [0.2, 0.25) is 0 Å². The Bertz CT molecular complexity index is 744. The van der Waals surface area contributed by atoms with Gasteiger partial charge < -0.3 is 9.84 Å². The smallest absolute Gasteiger partial charge is 0.338 e. The molecule has 0 atom stereocenters. The van der Waals surface area contributed by atoms with Gasteiger partial charge in [-0.2, -0.15) is 0 Å². The second kappa shape index (κ2) is 6.72. The third-order valence-corrected chi connectivity index (χ3v) is 3.29. The number of carbonyl (C=O) groups is 2. The first-order valence-corrected chi connectivity index (χ1v) is 6.73. The minimum atomic E-state index is -0.976. The molecule has 0 amide bonds. The van der Waals surface area contributed by atoms with Crippen molar-refractivity contribution in [1.29, 1.82) is 0 Å². The molecule has 0 radical (unpaired) electrons. The van der Waals surface area contributed by atoms with Crippen LogP contribution in [0.4, 0.5) is 0 Å². The Kier molecular flexibility index (Phi) is 4.73. The highest BCUT2D eigenvalue weighted by molar-refractivity contribution is 5.99. The summed E-state index contributed by atoms with van der Waals surface area (Å²) in [6, 6.07) is 14.4. The molecule has 2 aromatic rings. The number of esters is 1. The molecule has 0 bridgehead atoms. The van der Waals surface area contributed by atoms with Crippen LogP contribution >= 0.6 is 0 Å². The number of hydrogen-bond donors (Lipinski definition) is 1. The molecule has 4 heteroatoms. The van der Waals surface area contributed by atoms with Crippen LogP contribution < -0.4 is 0 Å². The highest BCUT2D eigenvalue weighted by Crippen LogP contribution is 2.29. The van der Waals surface area contributed by atoms with Crippen molar-refractivity contribution in [2.75, 3.05) is 7.11 Å². The number of carboxylic acid groups (broad SMARTS) is 1. The third-order valence-electron chi connectivity index (χ3n) is 3.29. The number of aliphatic carboxylic acids is 1. The summed E-state index contributed by atoms with van der Waals surface area (Å²) in [5.41, 5.74) is 2.89. The molecule has 0 heterocycles. The summed E-state index contributed by atoms with van der Waals surface area (Å²) in [5, 5.41) is 9.04. The van der Waals surface area contributed by atoms with Crippen LogP contribution in [0.1, 0.15) is 22.8 Å². The fraction of sp³-hybridized carbons (Fsp3) is 0.111. The molecule has 0 aromatic heterocycles. The topological polar surface area (TPSA) is 63.6 Å². The molecular weight excluding hydrogens is 280 g/mol. The van der Waals surface area contributed by atoms with Crippen molar-refractivity contribution >= 4 is 18.0 Å². The summed E-state index contributed by atoms with van der Waals surface area (Å²) < 4.78 is 4.81. The first-order valence-electron chi connectivity index (χ1n) is 6.73. The van der Waals surface area contributed by atoms with Gasteiger partial charge in [-0.3, -0.25) is 0 Å². The Balaban J connectivity index is 2.63. The molecule has 0 aliphatic carbocycles. The van der Waals surface area contributed by atoms with E-state index in [1.165, 1.54) is 14.0 Å². The van der Waals surface area contributed by atoms with Crippen LogP contribution in [0.25, 0.3) is 17.2 Å². The lowest BCUT2D eigenvalue weighted by atomic mass is 9.94. The molecule has 0 aliphatic heterocycles. The molecule has 2 aromatic carbocycles. The lowest BCUT2D eigenvalue weighted by Gasteiger charge is -2.11. The van der Waals surface area contributed by atoms with E-state index in [1.807, 2.05) is 36.4 Å². The van der Waals surface area contributed by atoms with E-state index in [9.17, 15) is 9.59 Å². The quantitative estimate of drug-likeness (QED) is 0.691. The van der Waals surface area contributed by atoms with E-state index >= 15 is 0 Å². The average molecular weight is 296 g/mol. The lowest BCUT2D eigenvalue weighted by molar-refractivity contribution is -0.132. The van der Waals surface area contributed by atoms with Crippen molar-refractivity contribution < 1.29 is 19.4 Å². The Morgan fingerprint density at radius 1 is 1.00 bits per heavy atom. The van der Waals surface area contributed by atoms with Crippen LogP contribution in [0, 0.1) is 0 Å². The largest absolute Gasteiger partial charge is 0.478 e. The fourth-order valence-electron chi connectivity index (χ4n) is 2.17. The zero-order chi connectivity index (χ0) is 16.1. The first kappa shape index (κ1) is 15.5. The average Bonchev–Trinajstić information content (AvgIpc) is 2.54. The molecule has 0 aliphatic rings. The van der Waals surface area contributed by atoms with Crippen LogP contribution in [-0.4, -0.2) is 24.2 Å². The number of benzene rings is 2. The molecule has 0 saturated heterocycles. The van der Waals surface area contributed by atoms with E-state index in [0.717, 1.165) is 11.1 Å². The van der Waals surface area contributed by atoms with Crippen molar-refractivity contribution in [1.82, 2.24) is 0 Å². The van der Waals surface area contributed by atoms with E-state index in [2.05, 4.69) is 0 Å². The van der Waals surface area contributed by atoms with Crippen molar-refractivity contribution in [3.8, 4) is 11.1 Å². The van der Waals surface area contributed by atoms with Gasteiger partial charge >= 0.3 is 11.9 Å². The zero-order valence-electron chi connectivity index (χ0n) is 12.4. The Morgan fingerprint density at radius 2 is 1.59 bits per heavy atom. The molecular formula is C18H16O4. The van der Waals surface area contributed by atoms with E-state index < -0.39 is 11.9 Å². The number of methoxy groups -OCH3 is 1. The molecule has 0 saturated carbocycles. The predicted octanol–water partition coefficient (Wildman–Crippen LogP) is 3.63. The summed E-state index contributed by atoms with van der Waals surface area (Å²) >= 11 is 0. The van der Waals surface area contributed by atoms with E-state index in [1.54, 1.807) is 18.2 Å². The second-order valence-corrected chi connectivity index (χ2v) is 4.76. The maximum Gasteiger partial charge on any atom is 0.338 e. The van der Waals surface area contributed by atoms with Gasteiger partial charge in [-0.25, -0.2) is 9.59 Å². The summed E-state index contributed by atoms with van der Waals surface area (Å²) in [7, 11) is 1.33. The maximum atomic E-state index is 11.9. The number of carboxylic acids is 1. The Morgan fingerprint density at radius 3 is 2.23 bits per heavy atom. The van der Waals surface area contributed by atoms with E-state index in [0.29, 0.717) is 11.1 Å². The molecule has 22 heavy (non-hydrogen) atoms. The minimum absolute atomic E-state index is 0.225. The van der Waals surface area contributed by atoms with Crippen LogP contribution in [-0.2, 0) is 9.53 Å². The van der Waals surface area contributed by atoms with E-state index in [-0.39, 0.29) is 5.57 Å². The fourth-order valence-corrected chi connectivity index (χ4v) is 2.17.